The van der Waals surface area contributed by atoms with Gasteiger partial charge in [0.1, 0.15) is 5.69 Å². The summed E-state index contributed by atoms with van der Waals surface area (Å²) in [5, 5.41) is 17.9. The van der Waals surface area contributed by atoms with Crippen LogP contribution in [-0.4, -0.2) is 14.7 Å². The van der Waals surface area contributed by atoms with Gasteiger partial charge >= 0.3 is 5.69 Å². The van der Waals surface area contributed by atoms with Crippen LogP contribution in [0.1, 0.15) is 25.1 Å². The Hall–Kier alpha value is -2.44. The molecule has 0 fully saturated rings. The van der Waals surface area contributed by atoms with Gasteiger partial charge in [-0.1, -0.05) is 19.9 Å². The SMILES string of the molecule is CC.Cc1ccc(NCc2ccn(C)n2)c([N+](=O)[O-])c1F. The van der Waals surface area contributed by atoms with E-state index in [0.29, 0.717) is 6.54 Å². The van der Waals surface area contributed by atoms with Crippen LogP contribution >= 0.6 is 0 Å². The summed E-state index contributed by atoms with van der Waals surface area (Å²) in [6.07, 6.45) is 1.77. The minimum Gasteiger partial charge on any atom is -0.374 e. The maximum Gasteiger partial charge on any atom is 0.327 e. The highest BCUT2D eigenvalue weighted by Crippen LogP contribution is 2.29. The van der Waals surface area contributed by atoms with Crippen LogP contribution in [0, 0.1) is 22.9 Å². The summed E-state index contributed by atoms with van der Waals surface area (Å²) in [5.41, 5.74) is 0.586. The van der Waals surface area contributed by atoms with Crippen molar-refractivity contribution in [2.24, 2.45) is 7.05 Å². The number of aryl methyl sites for hydroxylation is 2. The Morgan fingerprint density at radius 2 is 2.05 bits per heavy atom. The van der Waals surface area contributed by atoms with Gasteiger partial charge in [-0.15, -0.1) is 0 Å². The molecule has 1 aromatic carbocycles. The number of nitro benzene ring substituents is 1. The van der Waals surface area contributed by atoms with Gasteiger partial charge < -0.3 is 5.32 Å². The van der Waals surface area contributed by atoms with Gasteiger partial charge in [0, 0.05) is 13.2 Å². The number of anilines is 1. The molecule has 0 amide bonds. The molecule has 0 atom stereocenters. The van der Waals surface area contributed by atoms with Crippen LogP contribution in [0.3, 0.4) is 0 Å². The van der Waals surface area contributed by atoms with Gasteiger partial charge in [-0.25, -0.2) is 0 Å². The van der Waals surface area contributed by atoms with E-state index in [-0.39, 0.29) is 11.3 Å². The van der Waals surface area contributed by atoms with E-state index in [1.807, 2.05) is 13.8 Å². The lowest BCUT2D eigenvalue weighted by molar-refractivity contribution is -0.386. The van der Waals surface area contributed by atoms with Gasteiger partial charge in [0.2, 0.25) is 5.82 Å². The summed E-state index contributed by atoms with van der Waals surface area (Å²) in [7, 11) is 1.78. The van der Waals surface area contributed by atoms with E-state index in [9.17, 15) is 14.5 Å². The van der Waals surface area contributed by atoms with Crippen LogP contribution < -0.4 is 5.32 Å². The zero-order valence-corrected chi connectivity index (χ0v) is 12.6. The Kier molecular flexibility index (Phi) is 5.83. The summed E-state index contributed by atoms with van der Waals surface area (Å²) < 4.78 is 15.4. The van der Waals surface area contributed by atoms with Crippen molar-refractivity contribution in [3.63, 3.8) is 0 Å². The molecule has 21 heavy (non-hydrogen) atoms. The second kappa shape index (κ2) is 7.37. The maximum absolute atomic E-state index is 13.7. The summed E-state index contributed by atoms with van der Waals surface area (Å²) in [4.78, 5) is 10.2. The van der Waals surface area contributed by atoms with Crippen molar-refractivity contribution in [1.82, 2.24) is 9.78 Å². The molecular weight excluding hydrogens is 275 g/mol. The first-order valence-electron chi connectivity index (χ1n) is 6.65. The molecule has 0 aliphatic heterocycles. The van der Waals surface area contributed by atoms with Gasteiger partial charge in [0.15, 0.2) is 0 Å². The molecule has 0 aliphatic rings. The highest BCUT2D eigenvalue weighted by molar-refractivity contribution is 5.63. The molecule has 0 unspecified atom stereocenters. The van der Waals surface area contributed by atoms with Gasteiger partial charge in [-0.3, -0.25) is 14.8 Å². The molecule has 6 nitrogen and oxygen atoms in total. The minimum atomic E-state index is -0.809. The molecule has 0 saturated heterocycles. The second-order valence-corrected chi connectivity index (χ2v) is 4.18. The minimum absolute atomic E-state index is 0.152. The smallest absolute Gasteiger partial charge is 0.327 e. The predicted molar refractivity (Wildman–Crippen MR) is 79.7 cm³/mol. The molecule has 7 heteroatoms. The van der Waals surface area contributed by atoms with E-state index in [0.717, 1.165) is 5.69 Å². The third-order valence-corrected chi connectivity index (χ3v) is 2.72. The number of nitro groups is 1. The summed E-state index contributed by atoms with van der Waals surface area (Å²) >= 11 is 0. The van der Waals surface area contributed by atoms with E-state index in [1.165, 1.54) is 19.1 Å². The number of aromatic nitrogens is 2. The van der Waals surface area contributed by atoms with Crippen molar-refractivity contribution >= 4 is 11.4 Å². The van der Waals surface area contributed by atoms with Crippen molar-refractivity contribution in [2.75, 3.05) is 5.32 Å². The van der Waals surface area contributed by atoms with E-state index in [1.54, 1.807) is 24.0 Å². The Balaban J connectivity index is 0.00000106. The lowest BCUT2D eigenvalue weighted by atomic mass is 10.1. The maximum atomic E-state index is 13.7. The van der Waals surface area contributed by atoms with Crippen LogP contribution in [0.25, 0.3) is 0 Å². The van der Waals surface area contributed by atoms with E-state index in [2.05, 4.69) is 10.4 Å². The number of rotatable bonds is 4. The van der Waals surface area contributed by atoms with Crippen molar-refractivity contribution in [1.29, 1.82) is 0 Å². The first kappa shape index (κ1) is 16.6. The molecule has 2 aromatic rings. The Morgan fingerprint density at radius 3 is 2.57 bits per heavy atom. The topological polar surface area (TPSA) is 73.0 Å². The van der Waals surface area contributed by atoms with Gasteiger partial charge in [-0.05, 0) is 24.6 Å². The fraction of sp³-hybridized carbons (Fsp3) is 0.357. The molecule has 0 spiro atoms. The Labute approximate surface area is 122 Å². The number of nitrogens with one attached hydrogen (secondary N) is 1. The van der Waals surface area contributed by atoms with Crippen molar-refractivity contribution in [2.45, 2.75) is 27.3 Å². The molecule has 2 rings (SSSR count). The molecule has 0 radical (unpaired) electrons. The average Bonchev–Trinajstić information content (AvgIpc) is 2.87. The van der Waals surface area contributed by atoms with Gasteiger partial charge in [0.25, 0.3) is 0 Å². The number of hydrogen-bond donors (Lipinski definition) is 1. The standard InChI is InChI=1S/C12H13FN4O2.C2H6/c1-8-3-4-10(12(11(8)13)17(18)19)14-7-9-5-6-16(2)15-9;1-2/h3-6,14H,7H2,1-2H3;1-2H3. The number of hydrogen-bond acceptors (Lipinski definition) is 4. The van der Waals surface area contributed by atoms with Crippen LogP contribution in [0.4, 0.5) is 15.8 Å². The molecule has 1 aromatic heterocycles. The largest absolute Gasteiger partial charge is 0.374 e. The fourth-order valence-corrected chi connectivity index (χ4v) is 1.73. The van der Waals surface area contributed by atoms with Crippen molar-refractivity contribution < 1.29 is 9.31 Å². The molecule has 0 bridgehead atoms. The van der Waals surface area contributed by atoms with E-state index in [4.69, 9.17) is 0 Å². The molecule has 1 heterocycles. The van der Waals surface area contributed by atoms with Gasteiger partial charge in [-0.2, -0.15) is 9.49 Å². The number of benzene rings is 1. The summed E-state index contributed by atoms with van der Waals surface area (Å²) in [5.74, 6) is -0.809. The quantitative estimate of drug-likeness (QED) is 0.692. The lowest BCUT2D eigenvalue weighted by Gasteiger charge is -2.07. The zero-order valence-electron chi connectivity index (χ0n) is 12.6. The highest BCUT2D eigenvalue weighted by atomic mass is 19.1. The molecule has 0 saturated carbocycles. The zero-order chi connectivity index (χ0) is 16.0. The Bertz CT molecular complexity index is 625. The highest BCUT2D eigenvalue weighted by Gasteiger charge is 2.21. The van der Waals surface area contributed by atoms with E-state index >= 15 is 0 Å². The lowest BCUT2D eigenvalue weighted by Crippen LogP contribution is -2.06. The van der Waals surface area contributed by atoms with Crippen LogP contribution in [0.2, 0.25) is 0 Å². The van der Waals surface area contributed by atoms with Crippen LogP contribution in [0.5, 0.6) is 0 Å². The third-order valence-electron chi connectivity index (χ3n) is 2.72. The number of nitrogens with zero attached hydrogens (tertiary/aromatic N) is 3. The van der Waals surface area contributed by atoms with E-state index < -0.39 is 16.4 Å². The van der Waals surface area contributed by atoms with Crippen LogP contribution in [-0.2, 0) is 13.6 Å². The average molecular weight is 294 g/mol. The Morgan fingerprint density at radius 1 is 1.38 bits per heavy atom. The summed E-state index contributed by atoms with van der Waals surface area (Å²) in [6, 6.07) is 4.78. The fourth-order valence-electron chi connectivity index (χ4n) is 1.73. The molecular formula is C14H19FN4O2. The first-order chi connectivity index (χ1) is 9.99. The third kappa shape index (κ3) is 4.01. The van der Waals surface area contributed by atoms with Crippen LogP contribution in [0.15, 0.2) is 24.4 Å². The first-order valence-corrected chi connectivity index (χ1v) is 6.65. The molecule has 114 valence electrons. The normalized spacial score (nSPS) is 9.76. The molecule has 1 N–H and O–H groups in total. The summed E-state index contributed by atoms with van der Waals surface area (Å²) in [6.45, 7) is 5.79. The van der Waals surface area contributed by atoms with Crippen molar-refractivity contribution in [3.05, 3.63) is 51.6 Å². The van der Waals surface area contributed by atoms with Gasteiger partial charge in [0.05, 0.1) is 17.2 Å². The second-order valence-electron chi connectivity index (χ2n) is 4.18. The molecule has 0 aliphatic carbocycles. The predicted octanol–water partition coefficient (Wildman–Crippen LogP) is 3.41. The monoisotopic (exact) mass is 294 g/mol. The van der Waals surface area contributed by atoms with Crippen molar-refractivity contribution in [3.8, 4) is 0 Å². The number of halogens is 1.